The fourth-order valence-corrected chi connectivity index (χ4v) is 1.44. The Kier molecular flexibility index (Phi) is 4.72. The van der Waals surface area contributed by atoms with Crippen LogP contribution in [0.15, 0.2) is 24.3 Å². The molecule has 2 atom stereocenters. The maximum absolute atomic E-state index is 13.3. The van der Waals surface area contributed by atoms with E-state index in [0.717, 1.165) is 0 Å². The van der Waals surface area contributed by atoms with Gasteiger partial charge in [0.1, 0.15) is 5.82 Å². The first kappa shape index (κ1) is 12.1. The third kappa shape index (κ3) is 3.98. The highest BCUT2D eigenvalue weighted by Crippen LogP contribution is 2.15. The number of nitrogens with one attached hydrogen (secondary N) is 1. The zero-order valence-corrected chi connectivity index (χ0v) is 9.20. The second kappa shape index (κ2) is 5.83. The van der Waals surface area contributed by atoms with Crippen LogP contribution in [-0.2, 0) is 0 Å². The standard InChI is InChI=1S/C12H18FNO/c1-9(15)7-8-14-10(2)11-5-3-4-6-12(11)13/h3-6,9-10,14-15H,7-8H2,1-2H3/t9-,10+/m0/s1. The number of rotatable bonds is 5. The van der Waals surface area contributed by atoms with Gasteiger partial charge in [0, 0.05) is 11.6 Å². The monoisotopic (exact) mass is 211 g/mol. The Bertz CT molecular complexity index is 301. The quantitative estimate of drug-likeness (QED) is 0.783. The van der Waals surface area contributed by atoms with Crippen LogP contribution < -0.4 is 5.32 Å². The molecular weight excluding hydrogens is 193 g/mol. The van der Waals surface area contributed by atoms with E-state index in [1.807, 2.05) is 13.0 Å². The van der Waals surface area contributed by atoms with E-state index >= 15 is 0 Å². The van der Waals surface area contributed by atoms with Gasteiger partial charge >= 0.3 is 0 Å². The average molecular weight is 211 g/mol. The Morgan fingerprint density at radius 1 is 1.33 bits per heavy atom. The first-order valence-corrected chi connectivity index (χ1v) is 5.27. The minimum Gasteiger partial charge on any atom is -0.393 e. The SMILES string of the molecule is C[C@H](O)CCN[C@H](C)c1ccccc1F. The molecule has 0 bridgehead atoms. The molecule has 0 spiro atoms. The van der Waals surface area contributed by atoms with Crippen LogP contribution in [0.1, 0.15) is 31.9 Å². The predicted molar refractivity (Wildman–Crippen MR) is 59.1 cm³/mol. The predicted octanol–water partition coefficient (Wildman–Crippen LogP) is 2.25. The number of hydrogen-bond donors (Lipinski definition) is 2. The van der Waals surface area contributed by atoms with Gasteiger partial charge in [0.05, 0.1) is 6.10 Å². The third-order valence-corrected chi connectivity index (χ3v) is 2.38. The normalized spacial score (nSPS) is 14.9. The molecule has 15 heavy (non-hydrogen) atoms. The summed E-state index contributed by atoms with van der Waals surface area (Å²) in [5.41, 5.74) is 0.670. The van der Waals surface area contributed by atoms with E-state index in [0.29, 0.717) is 18.5 Å². The van der Waals surface area contributed by atoms with E-state index in [1.54, 1.807) is 19.1 Å². The molecule has 0 unspecified atom stereocenters. The van der Waals surface area contributed by atoms with Gasteiger partial charge in [-0.05, 0) is 32.9 Å². The summed E-state index contributed by atoms with van der Waals surface area (Å²) in [5.74, 6) is -0.186. The number of aliphatic hydroxyl groups excluding tert-OH is 1. The summed E-state index contributed by atoms with van der Waals surface area (Å²) < 4.78 is 13.3. The zero-order valence-electron chi connectivity index (χ0n) is 9.20. The molecule has 0 amide bonds. The van der Waals surface area contributed by atoms with Crippen molar-refractivity contribution in [3.63, 3.8) is 0 Å². The summed E-state index contributed by atoms with van der Waals surface area (Å²) in [5, 5.41) is 12.2. The zero-order chi connectivity index (χ0) is 11.3. The lowest BCUT2D eigenvalue weighted by Crippen LogP contribution is -2.23. The van der Waals surface area contributed by atoms with Gasteiger partial charge < -0.3 is 10.4 Å². The maximum atomic E-state index is 13.3. The molecular formula is C12H18FNO. The average Bonchev–Trinajstić information content (AvgIpc) is 2.17. The third-order valence-electron chi connectivity index (χ3n) is 2.38. The second-order valence-electron chi connectivity index (χ2n) is 3.84. The fourth-order valence-electron chi connectivity index (χ4n) is 1.44. The minimum absolute atomic E-state index is 0.0232. The van der Waals surface area contributed by atoms with Crippen molar-refractivity contribution < 1.29 is 9.50 Å². The highest BCUT2D eigenvalue weighted by atomic mass is 19.1. The summed E-state index contributed by atoms with van der Waals surface area (Å²) in [7, 11) is 0. The maximum Gasteiger partial charge on any atom is 0.127 e. The van der Waals surface area contributed by atoms with Crippen molar-refractivity contribution in [1.29, 1.82) is 0 Å². The van der Waals surface area contributed by atoms with Crippen molar-refractivity contribution >= 4 is 0 Å². The van der Waals surface area contributed by atoms with Gasteiger partial charge in [-0.15, -0.1) is 0 Å². The molecule has 2 nitrogen and oxygen atoms in total. The molecule has 1 aromatic rings. The molecule has 0 aliphatic carbocycles. The van der Waals surface area contributed by atoms with Crippen molar-refractivity contribution in [3.8, 4) is 0 Å². The van der Waals surface area contributed by atoms with Gasteiger partial charge in [0.25, 0.3) is 0 Å². The molecule has 0 aliphatic heterocycles. The number of aliphatic hydroxyl groups is 1. The lowest BCUT2D eigenvalue weighted by atomic mass is 10.1. The highest BCUT2D eigenvalue weighted by Gasteiger charge is 2.09. The van der Waals surface area contributed by atoms with Crippen molar-refractivity contribution in [2.75, 3.05) is 6.54 Å². The van der Waals surface area contributed by atoms with E-state index in [2.05, 4.69) is 5.32 Å². The van der Waals surface area contributed by atoms with Crippen LogP contribution in [-0.4, -0.2) is 17.8 Å². The van der Waals surface area contributed by atoms with Crippen LogP contribution in [0.3, 0.4) is 0 Å². The van der Waals surface area contributed by atoms with E-state index in [4.69, 9.17) is 5.11 Å². The largest absolute Gasteiger partial charge is 0.393 e. The Hall–Kier alpha value is -0.930. The molecule has 0 aromatic heterocycles. The van der Waals surface area contributed by atoms with Gasteiger partial charge in [0.2, 0.25) is 0 Å². The van der Waals surface area contributed by atoms with E-state index in [-0.39, 0.29) is 18.0 Å². The van der Waals surface area contributed by atoms with Crippen LogP contribution in [0.25, 0.3) is 0 Å². The Labute approximate surface area is 90.1 Å². The van der Waals surface area contributed by atoms with Crippen LogP contribution in [0.5, 0.6) is 0 Å². The van der Waals surface area contributed by atoms with Gasteiger partial charge in [-0.3, -0.25) is 0 Å². The van der Waals surface area contributed by atoms with Crippen molar-refractivity contribution in [1.82, 2.24) is 5.32 Å². The van der Waals surface area contributed by atoms with Crippen molar-refractivity contribution in [3.05, 3.63) is 35.6 Å². The lowest BCUT2D eigenvalue weighted by molar-refractivity contribution is 0.182. The molecule has 84 valence electrons. The van der Waals surface area contributed by atoms with Crippen molar-refractivity contribution in [2.45, 2.75) is 32.4 Å². The summed E-state index contributed by atoms with van der Waals surface area (Å²) in [6, 6.07) is 6.72. The first-order chi connectivity index (χ1) is 7.11. The Balaban J connectivity index is 2.47. The topological polar surface area (TPSA) is 32.3 Å². The molecule has 0 saturated carbocycles. The summed E-state index contributed by atoms with van der Waals surface area (Å²) in [6.07, 6.45) is 0.365. The fraction of sp³-hybridized carbons (Fsp3) is 0.500. The van der Waals surface area contributed by atoms with E-state index in [9.17, 15) is 4.39 Å². The second-order valence-corrected chi connectivity index (χ2v) is 3.84. The van der Waals surface area contributed by atoms with Crippen LogP contribution in [0.2, 0.25) is 0 Å². The molecule has 0 saturated heterocycles. The number of hydrogen-bond acceptors (Lipinski definition) is 2. The molecule has 1 aromatic carbocycles. The molecule has 2 N–H and O–H groups in total. The van der Waals surface area contributed by atoms with E-state index in [1.165, 1.54) is 6.07 Å². The molecule has 0 fully saturated rings. The number of halogens is 1. The highest BCUT2D eigenvalue weighted by molar-refractivity contribution is 5.20. The number of benzene rings is 1. The van der Waals surface area contributed by atoms with E-state index < -0.39 is 0 Å². The van der Waals surface area contributed by atoms with Crippen LogP contribution in [0, 0.1) is 5.82 Å². The summed E-state index contributed by atoms with van der Waals surface area (Å²) in [6.45, 7) is 4.35. The van der Waals surface area contributed by atoms with Gasteiger partial charge in [-0.2, -0.15) is 0 Å². The first-order valence-electron chi connectivity index (χ1n) is 5.27. The smallest absolute Gasteiger partial charge is 0.127 e. The summed E-state index contributed by atoms with van der Waals surface area (Å²) >= 11 is 0. The molecule has 3 heteroatoms. The Morgan fingerprint density at radius 3 is 2.60 bits per heavy atom. The lowest BCUT2D eigenvalue weighted by Gasteiger charge is -2.15. The van der Waals surface area contributed by atoms with Crippen LogP contribution >= 0.6 is 0 Å². The Morgan fingerprint density at radius 2 is 2.00 bits per heavy atom. The molecule has 0 heterocycles. The van der Waals surface area contributed by atoms with Gasteiger partial charge in [0.15, 0.2) is 0 Å². The minimum atomic E-state index is -0.315. The van der Waals surface area contributed by atoms with Crippen molar-refractivity contribution in [2.24, 2.45) is 0 Å². The summed E-state index contributed by atoms with van der Waals surface area (Å²) in [4.78, 5) is 0. The van der Waals surface area contributed by atoms with Gasteiger partial charge in [-0.1, -0.05) is 18.2 Å². The van der Waals surface area contributed by atoms with Crippen LogP contribution in [0.4, 0.5) is 4.39 Å². The van der Waals surface area contributed by atoms with Gasteiger partial charge in [-0.25, -0.2) is 4.39 Å². The molecule has 1 rings (SSSR count). The molecule has 0 radical (unpaired) electrons. The molecule has 0 aliphatic rings.